The number of aryl methyl sites for hydroxylation is 1. The van der Waals surface area contributed by atoms with E-state index < -0.39 is 0 Å². The molecule has 1 amide bonds. The quantitative estimate of drug-likeness (QED) is 0.807. The Morgan fingerprint density at radius 1 is 1.47 bits per heavy atom. The molecular formula is C11H12N4OS. The molecule has 0 aromatic carbocycles. The second-order valence-electron chi connectivity index (χ2n) is 3.51. The normalized spacial score (nSPS) is 11.5. The monoisotopic (exact) mass is 248 g/mol. The second-order valence-corrected chi connectivity index (χ2v) is 4.34. The third-order valence-corrected chi connectivity index (χ3v) is 3.38. The number of carbonyl (C=O) groups is 1. The van der Waals surface area contributed by atoms with Gasteiger partial charge in [0.2, 0.25) is 4.80 Å². The van der Waals surface area contributed by atoms with E-state index in [1.165, 1.54) is 11.3 Å². The van der Waals surface area contributed by atoms with Crippen molar-refractivity contribution in [2.24, 2.45) is 12.1 Å². The fourth-order valence-corrected chi connectivity index (χ4v) is 2.05. The van der Waals surface area contributed by atoms with Crippen molar-refractivity contribution >= 4 is 17.2 Å². The van der Waals surface area contributed by atoms with Crippen LogP contribution in [0.25, 0.3) is 0 Å². The van der Waals surface area contributed by atoms with Gasteiger partial charge in [0.15, 0.2) is 0 Å². The van der Waals surface area contributed by atoms with Crippen molar-refractivity contribution in [1.29, 1.82) is 0 Å². The number of amides is 1. The molecule has 0 spiro atoms. The molecule has 2 rings (SSSR count). The Labute approximate surface area is 102 Å². The van der Waals surface area contributed by atoms with Crippen LogP contribution in [0.1, 0.15) is 16.1 Å². The molecule has 0 atom stereocenters. The van der Waals surface area contributed by atoms with Crippen molar-refractivity contribution in [2.75, 3.05) is 0 Å². The summed E-state index contributed by atoms with van der Waals surface area (Å²) in [6.07, 6.45) is 3.15. The van der Waals surface area contributed by atoms with Gasteiger partial charge < -0.3 is 4.57 Å². The van der Waals surface area contributed by atoms with Crippen LogP contribution in [0.4, 0.5) is 0 Å². The lowest BCUT2D eigenvalue weighted by Gasteiger charge is -1.98. The molecular weight excluding hydrogens is 236 g/mol. The summed E-state index contributed by atoms with van der Waals surface area (Å²) in [6.45, 7) is 1.99. The highest BCUT2D eigenvalue weighted by atomic mass is 32.1. The van der Waals surface area contributed by atoms with E-state index in [0.29, 0.717) is 5.56 Å². The minimum absolute atomic E-state index is 0.238. The highest BCUT2D eigenvalue weighted by Crippen LogP contribution is 1.97. The average molecular weight is 248 g/mol. The van der Waals surface area contributed by atoms with Crippen LogP contribution in [0, 0.1) is 6.92 Å². The molecule has 0 saturated carbocycles. The van der Waals surface area contributed by atoms with Crippen LogP contribution in [0.3, 0.4) is 0 Å². The van der Waals surface area contributed by atoms with Gasteiger partial charge in [0.25, 0.3) is 5.91 Å². The topological polar surface area (TPSA) is 59.3 Å². The number of pyridine rings is 1. The van der Waals surface area contributed by atoms with Crippen molar-refractivity contribution in [3.05, 3.63) is 46.0 Å². The number of hydrogen-bond donors (Lipinski definition) is 1. The summed E-state index contributed by atoms with van der Waals surface area (Å²) in [5.74, 6) is -0.238. The van der Waals surface area contributed by atoms with E-state index in [-0.39, 0.29) is 5.91 Å². The average Bonchev–Trinajstić information content (AvgIpc) is 2.68. The van der Waals surface area contributed by atoms with Crippen molar-refractivity contribution in [2.45, 2.75) is 6.92 Å². The van der Waals surface area contributed by atoms with Gasteiger partial charge >= 0.3 is 0 Å². The minimum atomic E-state index is -0.238. The van der Waals surface area contributed by atoms with Gasteiger partial charge in [-0.25, -0.2) is 5.43 Å². The van der Waals surface area contributed by atoms with Crippen LogP contribution >= 0.6 is 11.3 Å². The number of rotatable bonds is 2. The Balaban J connectivity index is 2.16. The van der Waals surface area contributed by atoms with Gasteiger partial charge in [-0.15, -0.1) is 16.4 Å². The van der Waals surface area contributed by atoms with Crippen LogP contribution in [-0.4, -0.2) is 15.5 Å². The van der Waals surface area contributed by atoms with Gasteiger partial charge in [0, 0.05) is 36.1 Å². The van der Waals surface area contributed by atoms with Crippen LogP contribution in [0.15, 0.2) is 35.0 Å². The molecule has 17 heavy (non-hydrogen) atoms. The Morgan fingerprint density at radius 2 is 2.18 bits per heavy atom. The van der Waals surface area contributed by atoms with E-state index in [0.717, 1.165) is 10.5 Å². The molecule has 0 aliphatic heterocycles. The lowest BCUT2D eigenvalue weighted by Crippen LogP contribution is -2.23. The predicted molar refractivity (Wildman–Crippen MR) is 65.3 cm³/mol. The maximum atomic E-state index is 11.7. The molecule has 0 fully saturated rings. The zero-order chi connectivity index (χ0) is 12.3. The molecule has 5 nitrogen and oxygen atoms in total. The summed E-state index contributed by atoms with van der Waals surface area (Å²) in [5.41, 5.74) is 4.16. The molecule has 6 heteroatoms. The number of thiazole rings is 1. The van der Waals surface area contributed by atoms with Gasteiger partial charge in [-0.2, -0.15) is 0 Å². The van der Waals surface area contributed by atoms with Gasteiger partial charge in [-0.1, -0.05) is 0 Å². The molecule has 2 aromatic heterocycles. The van der Waals surface area contributed by atoms with E-state index in [1.807, 2.05) is 23.9 Å². The molecule has 88 valence electrons. The summed E-state index contributed by atoms with van der Waals surface area (Å²) in [4.78, 5) is 16.3. The lowest BCUT2D eigenvalue weighted by atomic mass is 10.3. The maximum absolute atomic E-state index is 11.7. The Morgan fingerprint density at radius 3 is 2.76 bits per heavy atom. The fourth-order valence-electron chi connectivity index (χ4n) is 1.21. The Kier molecular flexibility index (Phi) is 3.34. The van der Waals surface area contributed by atoms with Crippen LogP contribution < -0.4 is 10.2 Å². The third-order valence-electron chi connectivity index (χ3n) is 2.35. The summed E-state index contributed by atoms with van der Waals surface area (Å²) in [6, 6.07) is 3.29. The standard InChI is InChI=1S/C11H12N4OS/c1-8-7-17-11(15(8)2)14-13-10(16)9-3-5-12-6-4-9/h3-7H,1-2H3,(H,13,16)/b14-11-. The van der Waals surface area contributed by atoms with Gasteiger partial charge in [-0.3, -0.25) is 9.78 Å². The van der Waals surface area contributed by atoms with E-state index in [2.05, 4.69) is 15.5 Å². The fraction of sp³-hybridized carbons (Fsp3) is 0.182. The van der Waals surface area contributed by atoms with Gasteiger partial charge in [-0.05, 0) is 19.1 Å². The van der Waals surface area contributed by atoms with Crippen LogP contribution in [0.2, 0.25) is 0 Å². The van der Waals surface area contributed by atoms with E-state index in [4.69, 9.17) is 0 Å². The zero-order valence-corrected chi connectivity index (χ0v) is 10.4. The molecule has 0 aliphatic rings. The lowest BCUT2D eigenvalue weighted by molar-refractivity contribution is 0.0953. The largest absolute Gasteiger partial charge is 0.323 e. The molecule has 0 unspecified atom stereocenters. The van der Waals surface area contributed by atoms with Crippen molar-refractivity contribution in [1.82, 2.24) is 15.0 Å². The number of carbonyl (C=O) groups excluding carboxylic acids is 1. The SMILES string of the molecule is Cc1cs/c(=N\NC(=O)c2ccncc2)n1C. The van der Waals surface area contributed by atoms with E-state index >= 15 is 0 Å². The van der Waals surface area contributed by atoms with Crippen molar-refractivity contribution < 1.29 is 4.79 Å². The predicted octanol–water partition coefficient (Wildman–Crippen LogP) is 1.04. The minimum Gasteiger partial charge on any atom is -0.323 e. The Bertz CT molecular complexity index is 585. The second kappa shape index (κ2) is 4.92. The first-order valence-corrected chi connectivity index (χ1v) is 5.91. The molecule has 0 bridgehead atoms. The third kappa shape index (κ3) is 2.59. The first-order chi connectivity index (χ1) is 8.18. The molecule has 2 aromatic rings. The summed E-state index contributed by atoms with van der Waals surface area (Å²) < 4.78 is 1.91. The van der Waals surface area contributed by atoms with Gasteiger partial charge in [0.1, 0.15) is 0 Å². The molecule has 0 radical (unpaired) electrons. The highest BCUT2D eigenvalue weighted by Gasteiger charge is 2.03. The van der Waals surface area contributed by atoms with Gasteiger partial charge in [0.05, 0.1) is 0 Å². The van der Waals surface area contributed by atoms with Crippen molar-refractivity contribution in [3.8, 4) is 0 Å². The number of hydrogen-bond acceptors (Lipinski definition) is 4. The maximum Gasteiger partial charge on any atom is 0.271 e. The first kappa shape index (κ1) is 11.5. The Hall–Kier alpha value is -1.95. The van der Waals surface area contributed by atoms with Crippen LogP contribution in [-0.2, 0) is 7.05 Å². The number of aromatic nitrogens is 2. The molecule has 0 aliphatic carbocycles. The number of nitrogens with one attached hydrogen (secondary N) is 1. The highest BCUT2D eigenvalue weighted by molar-refractivity contribution is 7.07. The van der Waals surface area contributed by atoms with E-state index in [9.17, 15) is 4.79 Å². The molecule has 1 N–H and O–H groups in total. The molecule has 2 heterocycles. The summed E-state index contributed by atoms with van der Waals surface area (Å²) >= 11 is 1.48. The van der Waals surface area contributed by atoms with Crippen LogP contribution in [0.5, 0.6) is 0 Å². The summed E-state index contributed by atoms with van der Waals surface area (Å²) in [5, 5.41) is 6.05. The summed E-state index contributed by atoms with van der Waals surface area (Å²) in [7, 11) is 1.91. The molecule has 0 saturated heterocycles. The number of nitrogens with zero attached hydrogens (tertiary/aromatic N) is 3. The first-order valence-electron chi connectivity index (χ1n) is 5.03. The van der Waals surface area contributed by atoms with E-state index in [1.54, 1.807) is 24.5 Å². The van der Waals surface area contributed by atoms with Crippen molar-refractivity contribution in [3.63, 3.8) is 0 Å². The zero-order valence-electron chi connectivity index (χ0n) is 9.54. The smallest absolute Gasteiger partial charge is 0.271 e.